The van der Waals surface area contributed by atoms with Crippen LogP contribution in [0.5, 0.6) is 5.75 Å². The van der Waals surface area contributed by atoms with Crippen molar-refractivity contribution in [2.45, 2.75) is 39.5 Å². The molecule has 102 valence electrons. The molecule has 0 fully saturated rings. The van der Waals surface area contributed by atoms with E-state index in [2.05, 4.69) is 64.9 Å². The lowest BCUT2D eigenvalue weighted by Gasteiger charge is -2.27. The average Bonchev–Trinajstić information content (AvgIpc) is 2.30. The molecule has 0 aliphatic heterocycles. The Balaban J connectivity index is 2.94. The van der Waals surface area contributed by atoms with Gasteiger partial charge in [0.1, 0.15) is 12.4 Å². The lowest BCUT2D eigenvalue weighted by atomic mass is 9.81. The third kappa shape index (κ3) is 3.74. The van der Waals surface area contributed by atoms with E-state index in [4.69, 9.17) is 4.74 Å². The van der Waals surface area contributed by atoms with Crippen LogP contribution in [0.15, 0.2) is 18.2 Å². The number of hydrogen-bond donors (Lipinski definition) is 0. The molecule has 0 aliphatic carbocycles. The number of benzene rings is 1. The molecule has 1 rings (SSSR count). The van der Waals surface area contributed by atoms with Gasteiger partial charge in [0, 0.05) is 12.1 Å². The van der Waals surface area contributed by atoms with Crippen LogP contribution in [0.3, 0.4) is 0 Å². The first-order valence-corrected chi connectivity index (χ1v) is 6.76. The Kier molecular flexibility index (Phi) is 5.21. The number of rotatable bonds is 6. The minimum Gasteiger partial charge on any atom is -0.492 e. The quantitative estimate of drug-likeness (QED) is 0.763. The van der Waals surface area contributed by atoms with Gasteiger partial charge in [-0.2, -0.15) is 0 Å². The van der Waals surface area contributed by atoms with E-state index in [1.807, 2.05) is 0 Å². The van der Waals surface area contributed by atoms with Gasteiger partial charge in [-0.3, -0.25) is 0 Å². The fourth-order valence-electron chi connectivity index (χ4n) is 1.90. The summed E-state index contributed by atoms with van der Waals surface area (Å²) >= 11 is 0. The van der Waals surface area contributed by atoms with E-state index in [1.165, 1.54) is 11.1 Å². The molecule has 0 bridgehead atoms. The van der Waals surface area contributed by atoms with Crippen LogP contribution in [0.4, 0.5) is 0 Å². The van der Waals surface area contributed by atoms with Gasteiger partial charge >= 0.3 is 0 Å². The van der Waals surface area contributed by atoms with Crippen molar-refractivity contribution in [2.75, 3.05) is 27.2 Å². The predicted molar refractivity (Wildman–Crippen MR) is 78.5 cm³/mol. The number of ether oxygens (including phenoxy) is 1. The van der Waals surface area contributed by atoms with E-state index < -0.39 is 0 Å². The molecule has 1 aromatic rings. The molecule has 2 heteroatoms. The predicted octanol–water partition coefficient (Wildman–Crippen LogP) is 3.62. The van der Waals surface area contributed by atoms with Crippen molar-refractivity contribution < 1.29 is 4.74 Å². The average molecular weight is 249 g/mol. The summed E-state index contributed by atoms with van der Waals surface area (Å²) in [5.74, 6) is 1.08. The van der Waals surface area contributed by atoms with Crippen LogP contribution >= 0.6 is 0 Å². The molecule has 0 radical (unpaired) electrons. The summed E-state index contributed by atoms with van der Waals surface area (Å²) in [7, 11) is 4.14. The maximum absolute atomic E-state index is 6.03. The Bertz CT molecular complexity index is 383. The van der Waals surface area contributed by atoms with Crippen LogP contribution in [0.2, 0.25) is 0 Å². The number of aryl methyl sites for hydroxylation is 1. The van der Waals surface area contributed by atoms with Crippen molar-refractivity contribution in [2.24, 2.45) is 0 Å². The molecule has 1 aromatic carbocycles. The minimum absolute atomic E-state index is 0.166. The molecule has 0 aliphatic rings. The van der Waals surface area contributed by atoms with Crippen molar-refractivity contribution in [3.05, 3.63) is 29.3 Å². The van der Waals surface area contributed by atoms with Crippen molar-refractivity contribution in [3.8, 4) is 5.75 Å². The van der Waals surface area contributed by atoms with Gasteiger partial charge in [0.05, 0.1) is 0 Å². The van der Waals surface area contributed by atoms with E-state index in [9.17, 15) is 0 Å². The van der Waals surface area contributed by atoms with E-state index in [0.29, 0.717) is 0 Å². The Morgan fingerprint density at radius 3 is 2.44 bits per heavy atom. The summed E-state index contributed by atoms with van der Waals surface area (Å²) < 4.78 is 6.03. The van der Waals surface area contributed by atoms with Gasteiger partial charge in [0.2, 0.25) is 0 Å². The second-order valence-corrected chi connectivity index (χ2v) is 5.84. The largest absolute Gasteiger partial charge is 0.492 e. The first-order chi connectivity index (χ1) is 8.38. The molecule has 0 amide bonds. The van der Waals surface area contributed by atoms with Gasteiger partial charge in [0.25, 0.3) is 0 Å². The number of nitrogens with zero attached hydrogens (tertiary/aromatic N) is 1. The summed E-state index contributed by atoms with van der Waals surface area (Å²) in [6.45, 7) is 10.6. The third-order valence-corrected chi connectivity index (χ3v) is 3.61. The molecule has 0 heterocycles. The molecule has 0 atom stereocenters. The lowest BCUT2D eigenvalue weighted by molar-refractivity contribution is 0.254. The highest BCUT2D eigenvalue weighted by atomic mass is 16.5. The van der Waals surface area contributed by atoms with Crippen LogP contribution in [0.1, 0.15) is 38.3 Å². The Morgan fingerprint density at radius 2 is 1.89 bits per heavy atom. The van der Waals surface area contributed by atoms with Gasteiger partial charge in [-0.1, -0.05) is 39.0 Å². The molecule has 2 nitrogen and oxygen atoms in total. The molecular formula is C16H27NO. The van der Waals surface area contributed by atoms with Crippen molar-refractivity contribution >= 4 is 0 Å². The summed E-state index contributed by atoms with van der Waals surface area (Å²) in [5.41, 5.74) is 2.72. The number of para-hydroxylation sites is 1. The Morgan fingerprint density at radius 1 is 1.22 bits per heavy atom. The topological polar surface area (TPSA) is 12.5 Å². The maximum Gasteiger partial charge on any atom is 0.125 e. The highest BCUT2D eigenvalue weighted by molar-refractivity contribution is 5.44. The van der Waals surface area contributed by atoms with Gasteiger partial charge < -0.3 is 9.64 Å². The summed E-state index contributed by atoms with van der Waals surface area (Å²) in [6.07, 6.45) is 1.11. The number of hydrogen-bond acceptors (Lipinski definition) is 2. The zero-order valence-electron chi connectivity index (χ0n) is 12.7. The van der Waals surface area contributed by atoms with Crippen LogP contribution in [-0.4, -0.2) is 32.1 Å². The van der Waals surface area contributed by atoms with Crippen molar-refractivity contribution in [3.63, 3.8) is 0 Å². The zero-order valence-corrected chi connectivity index (χ0v) is 12.7. The smallest absolute Gasteiger partial charge is 0.125 e. The van der Waals surface area contributed by atoms with Gasteiger partial charge in [0.15, 0.2) is 0 Å². The Hall–Kier alpha value is -1.02. The second-order valence-electron chi connectivity index (χ2n) is 5.84. The van der Waals surface area contributed by atoms with Gasteiger partial charge in [-0.05, 0) is 38.4 Å². The number of likely N-dealkylation sites (N-methyl/N-ethyl adjacent to an activating group) is 1. The normalized spacial score (nSPS) is 11.9. The third-order valence-electron chi connectivity index (χ3n) is 3.61. The molecule has 18 heavy (non-hydrogen) atoms. The van der Waals surface area contributed by atoms with E-state index in [0.717, 1.165) is 25.3 Å². The van der Waals surface area contributed by atoms with Gasteiger partial charge in [-0.25, -0.2) is 0 Å². The molecule has 0 unspecified atom stereocenters. The standard InChI is InChI=1S/C16H27NO/c1-7-16(3,4)14-10-8-9-13(2)15(14)18-12-11-17(5)6/h8-10H,7,11-12H2,1-6H3. The SMILES string of the molecule is CCC(C)(C)c1cccc(C)c1OCCN(C)C. The fraction of sp³-hybridized carbons (Fsp3) is 0.625. The highest BCUT2D eigenvalue weighted by Crippen LogP contribution is 2.36. The lowest BCUT2D eigenvalue weighted by Crippen LogP contribution is -2.22. The fourth-order valence-corrected chi connectivity index (χ4v) is 1.90. The Labute approximate surface area is 112 Å². The van der Waals surface area contributed by atoms with Crippen molar-refractivity contribution in [1.82, 2.24) is 4.90 Å². The molecule has 0 saturated heterocycles. The molecule has 0 spiro atoms. The van der Waals surface area contributed by atoms with Crippen LogP contribution in [0.25, 0.3) is 0 Å². The first-order valence-electron chi connectivity index (χ1n) is 6.76. The van der Waals surface area contributed by atoms with Crippen molar-refractivity contribution in [1.29, 1.82) is 0 Å². The molecule has 0 aromatic heterocycles. The molecular weight excluding hydrogens is 222 g/mol. The van der Waals surface area contributed by atoms with Gasteiger partial charge in [-0.15, -0.1) is 0 Å². The maximum atomic E-state index is 6.03. The molecule has 0 saturated carbocycles. The van der Waals surface area contributed by atoms with Crippen LogP contribution < -0.4 is 4.74 Å². The first kappa shape index (κ1) is 15.0. The molecule has 0 N–H and O–H groups in total. The second kappa shape index (κ2) is 6.24. The van der Waals surface area contributed by atoms with Crippen LogP contribution in [-0.2, 0) is 5.41 Å². The van der Waals surface area contributed by atoms with Crippen LogP contribution in [0, 0.1) is 6.92 Å². The summed E-state index contributed by atoms with van der Waals surface area (Å²) in [5, 5.41) is 0. The summed E-state index contributed by atoms with van der Waals surface area (Å²) in [6, 6.07) is 6.45. The van der Waals surface area contributed by atoms with E-state index >= 15 is 0 Å². The van der Waals surface area contributed by atoms with E-state index in [1.54, 1.807) is 0 Å². The summed E-state index contributed by atoms with van der Waals surface area (Å²) in [4.78, 5) is 2.14. The highest BCUT2D eigenvalue weighted by Gasteiger charge is 2.23. The monoisotopic (exact) mass is 249 g/mol. The van der Waals surface area contributed by atoms with E-state index in [-0.39, 0.29) is 5.41 Å². The minimum atomic E-state index is 0.166. The zero-order chi connectivity index (χ0) is 13.8.